The molecule has 13 heteroatoms. The first-order valence-electron chi connectivity index (χ1n) is 17.0. The summed E-state index contributed by atoms with van der Waals surface area (Å²) in [5.74, 6) is 0.522. The van der Waals surface area contributed by atoms with Crippen molar-refractivity contribution in [2.24, 2.45) is 0 Å². The third kappa shape index (κ3) is 9.47. The number of hydrogen-bond donors (Lipinski definition) is 2. The van der Waals surface area contributed by atoms with Crippen LogP contribution in [0.25, 0.3) is 0 Å². The molecule has 262 valence electrons. The summed E-state index contributed by atoms with van der Waals surface area (Å²) in [7, 11) is 0. The molecular formula is C39H39N11O2. The number of aromatic nitrogens is 9. The maximum Gasteiger partial charge on any atom is 0.120 e. The SMILES string of the molecule is Oc1ccccc1CN(Cc1ccccn1)Cc1cn(Cc2cccc(Cn3cc(CN(Cc4ccccn4)Cc4ccccc4O)nn3)n2)nn1. The fraction of sp³-hybridized carbons (Fsp3) is 0.205. The molecule has 7 rings (SSSR count). The summed E-state index contributed by atoms with van der Waals surface area (Å²) in [5.41, 5.74) is 6.83. The van der Waals surface area contributed by atoms with Crippen LogP contribution in [0.15, 0.2) is 128 Å². The Morgan fingerprint density at radius 1 is 0.442 bits per heavy atom. The zero-order chi connectivity index (χ0) is 35.5. The van der Waals surface area contributed by atoms with E-state index in [0.717, 1.165) is 45.3 Å². The van der Waals surface area contributed by atoms with Gasteiger partial charge in [-0.3, -0.25) is 24.8 Å². The van der Waals surface area contributed by atoms with Crippen LogP contribution in [0.5, 0.6) is 11.5 Å². The minimum absolute atomic E-state index is 0.261. The van der Waals surface area contributed by atoms with Gasteiger partial charge in [-0.15, -0.1) is 10.2 Å². The fourth-order valence-corrected chi connectivity index (χ4v) is 6.02. The van der Waals surface area contributed by atoms with Crippen molar-refractivity contribution in [3.05, 3.63) is 173 Å². The van der Waals surface area contributed by atoms with Crippen molar-refractivity contribution in [3.63, 3.8) is 0 Å². The lowest BCUT2D eigenvalue weighted by Crippen LogP contribution is -2.23. The Balaban J connectivity index is 0.988. The van der Waals surface area contributed by atoms with E-state index in [1.165, 1.54) is 0 Å². The molecule has 0 saturated heterocycles. The van der Waals surface area contributed by atoms with Crippen LogP contribution in [-0.2, 0) is 52.4 Å². The third-order valence-corrected chi connectivity index (χ3v) is 8.45. The highest BCUT2D eigenvalue weighted by Crippen LogP contribution is 2.21. The molecule has 0 saturated carbocycles. The summed E-state index contributed by atoms with van der Waals surface area (Å²) < 4.78 is 3.57. The van der Waals surface area contributed by atoms with E-state index in [1.54, 1.807) is 33.9 Å². The summed E-state index contributed by atoms with van der Waals surface area (Å²) in [6.45, 7) is 4.21. The largest absolute Gasteiger partial charge is 0.508 e. The summed E-state index contributed by atoms with van der Waals surface area (Å²) in [5, 5.41) is 38.5. The van der Waals surface area contributed by atoms with Gasteiger partial charge in [-0.25, -0.2) is 9.36 Å². The van der Waals surface area contributed by atoms with E-state index < -0.39 is 0 Å². The van der Waals surface area contributed by atoms with Crippen LogP contribution in [0, 0.1) is 0 Å². The number of rotatable bonds is 16. The van der Waals surface area contributed by atoms with Gasteiger partial charge in [-0.1, -0.05) is 65.0 Å². The molecule has 0 aliphatic heterocycles. The van der Waals surface area contributed by atoms with Gasteiger partial charge >= 0.3 is 0 Å². The Labute approximate surface area is 301 Å². The molecule has 7 aromatic rings. The van der Waals surface area contributed by atoms with Gasteiger partial charge in [0.25, 0.3) is 0 Å². The van der Waals surface area contributed by atoms with E-state index in [2.05, 4.69) is 40.4 Å². The van der Waals surface area contributed by atoms with E-state index in [0.29, 0.717) is 52.4 Å². The highest BCUT2D eigenvalue weighted by molar-refractivity contribution is 5.32. The molecule has 0 aliphatic carbocycles. The topological polar surface area (TPSA) is 147 Å². The van der Waals surface area contributed by atoms with Crippen molar-refractivity contribution < 1.29 is 10.2 Å². The molecule has 0 bridgehead atoms. The van der Waals surface area contributed by atoms with Gasteiger partial charge in [0.05, 0.1) is 59.6 Å². The Morgan fingerprint density at radius 2 is 0.865 bits per heavy atom. The summed E-state index contributed by atoms with van der Waals surface area (Å²) >= 11 is 0. The maximum atomic E-state index is 10.4. The second-order valence-electron chi connectivity index (χ2n) is 12.6. The molecule has 0 spiro atoms. The lowest BCUT2D eigenvalue weighted by Gasteiger charge is -2.21. The molecule has 2 N–H and O–H groups in total. The molecule has 2 aromatic carbocycles. The standard InChI is InChI=1S/C39H39N11O2/c51-38-16-3-1-10-30(38)20-47(22-32-12-5-7-18-40-32)24-36-28-49(45-43-36)26-34-14-9-15-35(42-34)27-50-29-37(44-46-50)25-48(23-33-13-6-8-19-41-33)21-31-11-2-4-17-39(31)52/h1-19,28-29,51-52H,20-27H2. The van der Waals surface area contributed by atoms with Crippen molar-refractivity contribution in [1.29, 1.82) is 0 Å². The number of pyridine rings is 3. The average Bonchev–Trinajstić information content (AvgIpc) is 3.79. The molecule has 13 nitrogen and oxygen atoms in total. The Kier molecular flexibility index (Phi) is 10.9. The molecular weight excluding hydrogens is 655 g/mol. The highest BCUT2D eigenvalue weighted by atomic mass is 16.3. The Morgan fingerprint density at radius 3 is 1.31 bits per heavy atom. The van der Waals surface area contributed by atoms with Crippen molar-refractivity contribution in [2.75, 3.05) is 0 Å². The van der Waals surface area contributed by atoms with Crippen LogP contribution in [0.4, 0.5) is 0 Å². The predicted octanol–water partition coefficient (Wildman–Crippen LogP) is 4.97. The van der Waals surface area contributed by atoms with Crippen molar-refractivity contribution >= 4 is 0 Å². The average molecular weight is 694 g/mol. The smallest absolute Gasteiger partial charge is 0.120 e. The second kappa shape index (κ2) is 16.6. The van der Waals surface area contributed by atoms with E-state index in [4.69, 9.17) is 4.98 Å². The van der Waals surface area contributed by atoms with Crippen LogP contribution in [-0.4, -0.2) is 65.0 Å². The predicted molar refractivity (Wildman–Crippen MR) is 193 cm³/mol. The summed E-state index contributed by atoms with van der Waals surface area (Å²) in [6, 6.07) is 32.4. The number of nitrogens with zero attached hydrogens (tertiary/aromatic N) is 11. The first-order chi connectivity index (χ1) is 25.5. The molecule has 5 aromatic heterocycles. The van der Waals surface area contributed by atoms with Crippen LogP contribution < -0.4 is 0 Å². The fourth-order valence-electron chi connectivity index (χ4n) is 6.02. The number of phenolic OH excluding ortho intramolecular Hbond substituents is 2. The van der Waals surface area contributed by atoms with Gasteiger partial charge in [-0.05, 0) is 48.5 Å². The number of benzene rings is 2. The van der Waals surface area contributed by atoms with E-state index in [9.17, 15) is 10.2 Å². The molecule has 5 heterocycles. The summed E-state index contributed by atoms with van der Waals surface area (Å²) in [6.07, 6.45) is 7.43. The van der Waals surface area contributed by atoms with Gasteiger partial charge < -0.3 is 10.2 Å². The highest BCUT2D eigenvalue weighted by Gasteiger charge is 2.16. The van der Waals surface area contributed by atoms with Crippen LogP contribution in [0.3, 0.4) is 0 Å². The first kappa shape index (κ1) is 34.2. The summed E-state index contributed by atoms with van der Waals surface area (Å²) in [4.78, 5) is 18.2. The third-order valence-electron chi connectivity index (χ3n) is 8.45. The van der Waals surface area contributed by atoms with Crippen LogP contribution >= 0.6 is 0 Å². The lowest BCUT2D eigenvalue weighted by atomic mass is 10.1. The Bertz CT molecular complexity index is 2020. The van der Waals surface area contributed by atoms with Gasteiger partial charge in [-0.2, -0.15) is 0 Å². The molecule has 0 fully saturated rings. The van der Waals surface area contributed by atoms with E-state index in [1.807, 2.05) is 103 Å². The molecule has 0 aliphatic rings. The molecule has 0 amide bonds. The minimum atomic E-state index is 0.261. The molecule has 0 radical (unpaired) electrons. The van der Waals surface area contributed by atoms with Gasteiger partial charge in [0, 0.05) is 62.8 Å². The quantitative estimate of drug-likeness (QED) is 0.142. The van der Waals surface area contributed by atoms with Gasteiger partial charge in [0.1, 0.15) is 11.5 Å². The number of para-hydroxylation sites is 2. The monoisotopic (exact) mass is 693 g/mol. The first-order valence-corrected chi connectivity index (χ1v) is 17.0. The van der Waals surface area contributed by atoms with Crippen molar-refractivity contribution in [2.45, 2.75) is 52.4 Å². The number of aromatic hydroxyl groups is 2. The molecule has 0 atom stereocenters. The van der Waals surface area contributed by atoms with Gasteiger partial charge in [0.2, 0.25) is 0 Å². The van der Waals surface area contributed by atoms with Gasteiger partial charge in [0.15, 0.2) is 0 Å². The number of hydrogen-bond acceptors (Lipinski definition) is 11. The zero-order valence-electron chi connectivity index (χ0n) is 28.6. The maximum absolute atomic E-state index is 10.4. The second-order valence-corrected chi connectivity index (χ2v) is 12.6. The van der Waals surface area contributed by atoms with Crippen molar-refractivity contribution in [1.82, 2.24) is 54.7 Å². The van der Waals surface area contributed by atoms with Crippen LogP contribution in [0.2, 0.25) is 0 Å². The number of phenols is 2. The Hall–Kier alpha value is -6.31. The minimum Gasteiger partial charge on any atom is -0.508 e. The normalized spacial score (nSPS) is 11.4. The van der Waals surface area contributed by atoms with E-state index in [-0.39, 0.29) is 11.5 Å². The van der Waals surface area contributed by atoms with E-state index >= 15 is 0 Å². The lowest BCUT2D eigenvalue weighted by molar-refractivity contribution is 0.238. The molecule has 52 heavy (non-hydrogen) atoms. The van der Waals surface area contributed by atoms with Crippen LogP contribution in [0.1, 0.15) is 45.3 Å². The molecule has 0 unspecified atom stereocenters. The van der Waals surface area contributed by atoms with Crippen molar-refractivity contribution in [3.8, 4) is 11.5 Å². The zero-order valence-corrected chi connectivity index (χ0v) is 28.6.